The number of amides is 2. The molecule has 1 aromatic carbocycles. The minimum atomic E-state index is -0.133. The van der Waals surface area contributed by atoms with Gasteiger partial charge in [-0.05, 0) is 44.9 Å². The first-order chi connectivity index (χ1) is 13.0. The second-order valence-corrected chi connectivity index (χ2v) is 8.30. The molecule has 0 saturated carbocycles. The number of urea groups is 1. The molecular weight excluding hydrogens is 360 g/mol. The highest BCUT2D eigenvalue weighted by Gasteiger charge is 2.40. The molecule has 2 atom stereocenters. The summed E-state index contributed by atoms with van der Waals surface area (Å²) in [5.41, 5.74) is 1.48. The predicted octanol–water partition coefficient (Wildman–Crippen LogP) is 3.17. The third kappa shape index (κ3) is 3.53. The number of nitrogens with zero attached hydrogens (tertiary/aromatic N) is 5. The van der Waals surface area contributed by atoms with E-state index >= 15 is 0 Å². The first-order valence-electron chi connectivity index (χ1n) is 9.15. The maximum Gasteiger partial charge on any atom is 0.323 e. The fraction of sp³-hybridized carbons (Fsp3) is 0.474. The second kappa shape index (κ2) is 7.25. The number of rotatable bonds is 3. The van der Waals surface area contributed by atoms with Crippen LogP contribution >= 0.6 is 11.3 Å². The van der Waals surface area contributed by atoms with Crippen LogP contribution < -0.4 is 5.32 Å². The Labute approximate surface area is 162 Å². The van der Waals surface area contributed by atoms with Crippen LogP contribution in [0.3, 0.4) is 0 Å². The molecule has 1 N–H and O–H groups in total. The van der Waals surface area contributed by atoms with Crippen molar-refractivity contribution in [2.75, 3.05) is 19.4 Å². The molecule has 0 spiro atoms. The molecule has 2 aromatic rings. The number of aromatic nitrogens is 2. The molecule has 2 aliphatic heterocycles. The highest BCUT2D eigenvalue weighted by atomic mass is 32.1. The maximum atomic E-state index is 12.7. The number of hydrogen-bond acceptors (Lipinski definition) is 6. The van der Waals surface area contributed by atoms with Gasteiger partial charge >= 0.3 is 6.03 Å². The van der Waals surface area contributed by atoms with Crippen molar-refractivity contribution >= 4 is 22.5 Å². The summed E-state index contributed by atoms with van der Waals surface area (Å²) >= 11 is 1.33. The van der Waals surface area contributed by atoms with Gasteiger partial charge in [-0.2, -0.15) is 5.26 Å². The molecule has 2 unspecified atom stereocenters. The highest BCUT2D eigenvalue weighted by Crippen LogP contribution is 2.36. The van der Waals surface area contributed by atoms with Crippen LogP contribution in [0.1, 0.15) is 31.2 Å². The highest BCUT2D eigenvalue weighted by molar-refractivity contribution is 7.18. The molecule has 3 heterocycles. The van der Waals surface area contributed by atoms with Gasteiger partial charge in [0, 0.05) is 30.7 Å². The van der Waals surface area contributed by atoms with Gasteiger partial charge in [-0.25, -0.2) is 4.79 Å². The molecule has 1 aromatic heterocycles. The van der Waals surface area contributed by atoms with Crippen LogP contribution in [0.5, 0.6) is 0 Å². The van der Waals surface area contributed by atoms with E-state index in [0.29, 0.717) is 22.8 Å². The number of nitriles is 1. The Balaban J connectivity index is 1.40. The summed E-state index contributed by atoms with van der Waals surface area (Å²) in [5.74, 6) is 0. The largest absolute Gasteiger partial charge is 0.324 e. The molecule has 2 amide bonds. The molecule has 8 heteroatoms. The van der Waals surface area contributed by atoms with Crippen LogP contribution in [0.25, 0.3) is 10.6 Å². The van der Waals surface area contributed by atoms with E-state index in [-0.39, 0.29) is 12.1 Å². The minimum absolute atomic E-state index is 0.133. The molecule has 140 valence electrons. The molecule has 2 aliphatic rings. The maximum absolute atomic E-state index is 12.7. The smallest absolute Gasteiger partial charge is 0.323 e. The average Bonchev–Trinajstić information content (AvgIpc) is 3.21. The number of carbonyl (C=O) groups excluding carboxylic acids is 1. The van der Waals surface area contributed by atoms with E-state index in [2.05, 4.69) is 33.5 Å². The van der Waals surface area contributed by atoms with Crippen molar-refractivity contribution in [3.63, 3.8) is 0 Å². The Morgan fingerprint density at radius 2 is 1.93 bits per heavy atom. The predicted molar refractivity (Wildman–Crippen MR) is 104 cm³/mol. The fourth-order valence-electron chi connectivity index (χ4n) is 4.12. The summed E-state index contributed by atoms with van der Waals surface area (Å²) in [6.45, 7) is 0. The van der Waals surface area contributed by atoms with Crippen molar-refractivity contribution in [2.45, 2.75) is 43.8 Å². The van der Waals surface area contributed by atoms with Crippen LogP contribution in [0.4, 0.5) is 9.93 Å². The van der Waals surface area contributed by atoms with Crippen molar-refractivity contribution in [1.82, 2.24) is 20.0 Å². The second-order valence-electron chi connectivity index (χ2n) is 7.32. The lowest BCUT2D eigenvalue weighted by Gasteiger charge is -2.40. The van der Waals surface area contributed by atoms with E-state index in [1.165, 1.54) is 24.2 Å². The van der Waals surface area contributed by atoms with E-state index in [0.717, 1.165) is 23.4 Å². The first-order valence-corrected chi connectivity index (χ1v) is 9.96. The van der Waals surface area contributed by atoms with Gasteiger partial charge in [0.15, 0.2) is 0 Å². The van der Waals surface area contributed by atoms with Gasteiger partial charge in [0.1, 0.15) is 5.01 Å². The van der Waals surface area contributed by atoms with E-state index < -0.39 is 0 Å². The van der Waals surface area contributed by atoms with E-state index in [1.54, 1.807) is 12.1 Å². The fourth-order valence-corrected chi connectivity index (χ4v) is 4.86. The van der Waals surface area contributed by atoms with E-state index in [1.807, 2.05) is 24.1 Å². The lowest BCUT2D eigenvalue weighted by molar-refractivity contribution is 0.106. The summed E-state index contributed by atoms with van der Waals surface area (Å²) in [7, 11) is 4.07. The average molecular weight is 382 g/mol. The topological polar surface area (TPSA) is 85.1 Å². The quantitative estimate of drug-likeness (QED) is 0.881. The molecule has 27 heavy (non-hydrogen) atoms. The summed E-state index contributed by atoms with van der Waals surface area (Å²) in [6.07, 6.45) is 4.53. The molecule has 4 rings (SSSR count). The van der Waals surface area contributed by atoms with Crippen molar-refractivity contribution in [3.8, 4) is 16.6 Å². The Morgan fingerprint density at radius 3 is 2.56 bits per heavy atom. The number of piperidine rings is 1. The number of nitrogens with one attached hydrogen (secondary N) is 1. The third-order valence-corrected chi connectivity index (χ3v) is 6.73. The van der Waals surface area contributed by atoms with Gasteiger partial charge in [-0.3, -0.25) is 5.32 Å². The Bertz CT molecular complexity index is 859. The van der Waals surface area contributed by atoms with Gasteiger partial charge in [0.2, 0.25) is 5.13 Å². The van der Waals surface area contributed by atoms with Crippen molar-refractivity contribution in [3.05, 3.63) is 29.8 Å². The SMILES string of the molecule is CN(C(=O)Nc1nnc(-c2ccc(C#N)cc2)s1)C1CC2CCC(C1)N2C. The zero-order chi connectivity index (χ0) is 19.0. The van der Waals surface area contributed by atoms with Crippen molar-refractivity contribution in [1.29, 1.82) is 5.26 Å². The summed E-state index contributed by atoms with van der Waals surface area (Å²) in [6, 6.07) is 10.6. The van der Waals surface area contributed by atoms with Crippen LogP contribution in [0.2, 0.25) is 0 Å². The zero-order valence-electron chi connectivity index (χ0n) is 15.4. The Kier molecular flexibility index (Phi) is 4.81. The lowest BCUT2D eigenvalue weighted by Crippen LogP contribution is -2.50. The number of carbonyl (C=O) groups is 1. The van der Waals surface area contributed by atoms with Crippen molar-refractivity contribution < 1.29 is 4.79 Å². The summed E-state index contributed by atoms with van der Waals surface area (Å²) in [5, 5.41) is 21.2. The summed E-state index contributed by atoms with van der Waals surface area (Å²) in [4.78, 5) is 16.9. The van der Waals surface area contributed by atoms with Crippen LogP contribution in [0.15, 0.2) is 24.3 Å². The standard InChI is InChI=1S/C19H22N6OS/c1-24-14-7-8-15(24)10-16(9-14)25(2)19(26)21-18-23-22-17(27-18)13-5-3-12(11-20)4-6-13/h3-6,14-16H,7-10H2,1-2H3,(H,21,23,26). The minimum Gasteiger partial charge on any atom is -0.324 e. The normalized spacial score (nSPS) is 24.4. The number of benzene rings is 1. The van der Waals surface area contributed by atoms with Crippen LogP contribution in [-0.2, 0) is 0 Å². The monoisotopic (exact) mass is 382 g/mol. The molecule has 0 aliphatic carbocycles. The van der Waals surface area contributed by atoms with Gasteiger partial charge < -0.3 is 9.80 Å². The first kappa shape index (κ1) is 17.9. The van der Waals surface area contributed by atoms with Gasteiger partial charge in [0.05, 0.1) is 11.6 Å². The molecule has 2 saturated heterocycles. The number of fused-ring (bicyclic) bond motifs is 2. The molecule has 2 fully saturated rings. The van der Waals surface area contributed by atoms with Crippen LogP contribution in [0, 0.1) is 11.3 Å². The Morgan fingerprint density at radius 1 is 1.26 bits per heavy atom. The van der Waals surface area contributed by atoms with Gasteiger partial charge in [0.25, 0.3) is 0 Å². The zero-order valence-corrected chi connectivity index (χ0v) is 16.2. The van der Waals surface area contributed by atoms with Gasteiger partial charge in [-0.1, -0.05) is 23.5 Å². The van der Waals surface area contributed by atoms with E-state index in [9.17, 15) is 4.79 Å². The Hall–Kier alpha value is -2.50. The van der Waals surface area contributed by atoms with Gasteiger partial charge in [-0.15, -0.1) is 10.2 Å². The molecule has 0 radical (unpaired) electrons. The lowest BCUT2D eigenvalue weighted by atomic mass is 9.97. The van der Waals surface area contributed by atoms with Crippen molar-refractivity contribution in [2.24, 2.45) is 0 Å². The number of anilines is 1. The molecular formula is C19H22N6OS. The summed E-state index contributed by atoms with van der Waals surface area (Å²) < 4.78 is 0. The molecule has 2 bridgehead atoms. The number of hydrogen-bond donors (Lipinski definition) is 1. The molecule has 7 nitrogen and oxygen atoms in total. The van der Waals surface area contributed by atoms with Crippen LogP contribution in [-0.4, -0.2) is 58.2 Å². The third-order valence-electron chi connectivity index (χ3n) is 5.84. The van der Waals surface area contributed by atoms with E-state index in [4.69, 9.17) is 5.26 Å².